The van der Waals surface area contributed by atoms with Gasteiger partial charge in [-0.15, -0.1) is 10.2 Å². The van der Waals surface area contributed by atoms with E-state index < -0.39 is 0 Å². The zero-order valence-corrected chi connectivity index (χ0v) is 10.8. The number of nitrogen functional groups attached to an aromatic ring is 1. The van der Waals surface area contributed by atoms with Crippen molar-refractivity contribution in [3.05, 3.63) is 36.2 Å². The maximum absolute atomic E-state index is 5.68. The Morgan fingerprint density at radius 3 is 2.89 bits per heavy atom. The van der Waals surface area contributed by atoms with Gasteiger partial charge in [0, 0.05) is 5.56 Å². The van der Waals surface area contributed by atoms with Crippen LogP contribution in [0, 0.1) is 0 Å². The molecule has 0 saturated carbocycles. The van der Waals surface area contributed by atoms with Gasteiger partial charge in [0.05, 0.1) is 12.3 Å². The Bertz CT molecular complexity index is 563. The van der Waals surface area contributed by atoms with Crippen molar-refractivity contribution in [2.75, 3.05) is 11.3 Å². The summed E-state index contributed by atoms with van der Waals surface area (Å²) >= 11 is 0. The van der Waals surface area contributed by atoms with Crippen molar-refractivity contribution in [3.63, 3.8) is 0 Å². The number of nitrogens with one attached hydrogen (secondary N) is 1. The summed E-state index contributed by atoms with van der Waals surface area (Å²) in [4.78, 5) is 0. The average Bonchev–Trinajstić information content (AvgIpc) is 2.77. The molecular weight excluding hydrogens is 244 g/mol. The van der Waals surface area contributed by atoms with Crippen LogP contribution in [0.15, 0.2) is 35.7 Å². The molecule has 0 amide bonds. The first kappa shape index (κ1) is 12.9. The number of benzene rings is 1. The summed E-state index contributed by atoms with van der Waals surface area (Å²) < 4.78 is 6.92. The molecule has 7 nitrogen and oxygen atoms in total. The van der Waals surface area contributed by atoms with Gasteiger partial charge in [-0.1, -0.05) is 12.1 Å². The number of nitrogens with two attached hydrogens (primary N) is 1. The third-order valence-electron chi connectivity index (χ3n) is 2.22. The van der Waals surface area contributed by atoms with Crippen LogP contribution in [0.4, 0.5) is 5.95 Å². The number of anilines is 1. The molecule has 2 rings (SSSR count). The second kappa shape index (κ2) is 5.85. The van der Waals surface area contributed by atoms with Crippen molar-refractivity contribution in [3.8, 4) is 5.75 Å². The lowest BCUT2D eigenvalue weighted by atomic mass is 10.2. The Kier molecular flexibility index (Phi) is 3.97. The topological polar surface area (TPSA) is 90.3 Å². The summed E-state index contributed by atoms with van der Waals surface area (Å²) in [5, 5.41) is 11.4. The zero-order valence-electron chi connectivity index (χ0n) is 10.8. The molecule has 2 aromatic rings. The first-order valence-electron chi connectivity index (χ1n) is 5.86. The monoisotopic (exact) mass is 260 g/mol. The molecule has 0 aliphatic heterocycles. The van der Waals surface area contributed by atoms with Crippen LogP contribution in [0.3, 0.4) is 0 Å². The summed E-state index contributed by atoms with van der Waals surface area (Å²) in [5.41, 5.74) is 3.57. The number of hydrogen-bond acceptors (Lipinski definition) is 6. The Morgan fingerprint density at radius 2 is 2.21 bits per heavy atom. The fourth-order valence-electron chi connectivity index (χ4n) is 1.43. The third kappa shape index (κ3) is 3.44. The molecule has 100 valence electrons. The molecule has 0 aliphatic carbocycles. The van der Waals surface area contributed by atoms with Crippen molar-refractivity contribution in [1.82, 2.24) is 14.9 Å². The van der Waals surface area contributed by atoms with E-state index in [0.29, 0.717) is 5.95 Å². The maximum atomic E-state index is 5.68. The highest BCUT2D eigenvalue weighted by Gasteiger charge is 2.03. The molecule has 7 heteroatoms. The fraction of sp³-hybridized carbons (Fsp3) is 0.250. The van der Waals surface area contributed by atoms with Crippen molar-refractivity contribution < 1.29 is 4.74 Å². The van der Waals surface area contributed by atoms with Crippen LogP contribution in [0.25, 0.3) is 0 Å². The summed E-state index contributed by atoms with van der Waals surface area (Å²) in [6.07, 6.45) is 3.13. The van der Waals surface area contributed by atoms with E-state index >= 15 is 0 Å². The minimum Gasteiger partial charge on any atom is -0.490 e. The number of ether oxygens (including phenoxy) is 1. The van der Waals surface area contributed by atoms with Gasteiger partial charge in [-0.2, -0.15) is 5.10 Å². The normalized spacial score (nSPS) is 11.1. The van der Waals surface area contributed by atoms with Gasteiger partial charge in [0.1, 0.15) is 12.1 Å². The second-order valence-corrected chi connectivity index (χ2v) is 4.14. The fourth-order valence-corrected chi connectivity index (χ4v) is 1.43. The summed E-state index contributed by atoms with van der Waals surface area (Å²) in [6, 6.07) is 7.64. The number of hydrazone groups is 1. The van der Waals surface area contributed by atoms with Crippen molar-refractivity contribution in [1.29, 1.82) is 0 Å². The molecule has 0 unspecified atom stereocenters. The Labute approximate surface area is 111 Å². The first-order valence-corrected chi connectivity index (χ1v) is 5.86. The van der Waals surface area contributed by atoms with Gasteiger partial charge in [-0.3, -0.25) is 0 Å². The van der Waals surface area contributed by atoms with E-state index in [4.69, 9.17) is 10.6 Å². The van der Waals surface area contributed by atoms with Gasteiger partial charge < -0.3 is 10.6 Å². The molecule has 0 atom stereocenters. The highest BCUT2D eigenvalue weighted by atomic mass is 16.5. The van der Waals surface area contributed by atoms with E-state index in [9.17, 15) is 0 Å². The molecule has 0 spiro atoms. The Morgan fingerprint density at radius 1 is 1.42 bits per heavy atom. The largest absolute Gasteiger partial charge is 0.490 e. The number of rotatable bonds is 5. The molecule has 0 fully saturated rings. The van der Waals surface area contributed by atoms with E-state index in [2.05, 4.69) is 20.7 Å². The molecule has 0 bridgehead atoms. The number of para-hydroxylation sites is 1. The zero-order chi connectivity index (χ0) is 13.7. The molecule has 0 radical (unpaired) electrons. The lowest BCUT2D eigenvalue weighted by Crippen LogP contribution is -2.10. The van der Waals surface area contributed by atoms with Crippen LogP contribution >= 0.6 is 0 Å². The molecular formula is C12H16N6O. The Hall–Kier alpha value is -2.57. The van der Waals surface area contributed by atoms with Gasteiger partial charge in [0.25, 0.3) is 5.95 Å². The van der Waals surface area contributed by atoms with Crippen LogP contribution in [0.5, 0.6) is 5.75 Å². The summed E-state index contributed by atoms with van der Waals surface area (Å²) in [5.74, 6) is 6.68. The lowest BCUT2D eigenvalue weighted by molar-refractivity contribution is 0.242. The number of aromatic nitrogens is 3. The lowest BCUT2D eigenvalue weighted by Gasteiger charge is -2.11. The van der Waals surface area contributed by atoms with Crippen molar-refractivity contribution in [2.45, 2.75) is 20.0 Å². The van der Waals surface area contributed by atoms with Crippen LogP contribution in [-0.4, -0.2) is 27.2 Å². The van der Waals surface area contributed by atoms with Gasteiger partial charge in [0.15, 0.2) is 0 Å². The second-order valence-electron chi connectivity index (χ2n) is 4.14. The van der Waals surface area contributed by atoms with E-state index in [1.54, 1.807) is 6.21 Å². The van der Waals surface area contributed by atoms with Gasteiger partial charge in [-0.05, 0) is 26.0 Å². The highest BCUT2D eigenvalue weighted by molar-refractivity contribution is 5.83. The standard InChI is InChI=1S/C12H16N6O/c1-9(2)19-11-6-4-3-5-10(11)7-14-16-12-17-15-8-18(12)13/h3-9H,13H2,1-2H3,(H,16,17)/b14-7-. The smallest absolute Gasteiger partial charge is 0.263 e. The molecule has 1 aromatic carbocycles. The minimum absolute atomic E-state index is 0.106. The van der Waals surface area contributed by atoms with E-state index in [0.717, 1.165) is 11.3 Å². The van der Waals surface area contributed by atoms with Gasteiger partial charge in [-0.25, -0.2) is 10.1 Å². The number of nitrogens with zero attached hydrogens (tertiary/aromatic N) is 4. The predicted molar refractivity (Wildman–Crippen MR) is 73.6 cm³/mol. The number of hydrogen-bond donors (Lipinski definition) is 2. The van der Waals surface area contributed by atoms with Crippen molar-refractivity contribution in [2.24, 2.45) is 5.10 Å². The summed E-state index contributed by atoms with van der Waals surface area (Å²) in [7, 11) is 0. The molecule has 0 aliphatic rings. The minimum atomic E-state index is 0.106. The summed E-state index contributed by atoms with van der Waals surface area (Å²) in [6.45, 7) is 3.95. The Balaban J connectivity index is 2.08. The first-order chi connectivity index (χ1) is 9.16. The maximum Gasteiger partial charge on any atom is 0.263 e. The molecule has 19 heavy (non-hydrogen) atoms. The van der Waals surface area contributed by atoms with E-state index in [-0.39, 0.29) is 6.10 Å². The van der Waals surface area contributed by atoms with E-state index in [1.165, 1.54) is 11.0 Å². The van der Waals surface area contributed by atoms with Crippen molar-refractivity contribution >= 4 is 12.2 Å². The highest BCUT2D eigenvalue weighted by Crippen LogP contribution is 2.17. The van der Waals surface area contributed by atoms with Crippen LogP contribution < -0.4 is 16.0 Å². The van der Waals surface area contributed by atoms with Gasteiger partial charge in [0.2, 0.25) is 0 Å². The van der Waals surface area contributed by atoms with Gasteiger partial charge >= 0.3 is 0 Å². The molecule has 3 N–H and O–H groups in total. The van der Waals surface area contributed by atoms with E-state index in [1.807, 2.05) is 38.1 Å². The van der Waals surface area contributed by atoms with Crippen LogP contribution in [-0.2, 0) is 0 Å². The van der Waals surface area contributed by atoms with Crippen LogP contribution in [0.1, 0.15) is 19.4 Å². The molecule has 1 heterocycles. The molecule has 1 aromatic heterocycles. The average molecular weight is 260 g/mol. The van der Waals surface area contributed by atoms with Crippen LogP contribution in [0.2, 0.25) is 0 Å². The molecule has 0 saturated heterocycles. The SMILES string of the molecule is CC(C)Oc1ccccc1/C=N\Nc1nncn1N. The third-order valence-corrected chi connectivity index (χ3v) is 2.22. The predicted octanol–water partition coefficient (Wildman–Crippen LogP) is 1.23. The quantitative estimate of drug-likeness (QED) is 0.479.